The van der Waals surface area contributed by atoms with E-state index in [9.17, 15) is 9.59 Å². The van der Waals surface area contributed by atoms with Gasteiger partial charge in [-0.15, -0.1) is 0 Å². The van der Waals surface area contributed by atoms with Crippen LogP contribution in [0.15, 0.2) is 48.5 Å². The van der Waals surface area contributed by atoms with Gasteiger partial charge >= 0.3 is 0 Å². The van der Waals surface area contributed by atoms with E-state index in [0.29, 0.717) is 25.4 Å². The summed E-state index contributed by atoms with van der Waals surface area (Å²) in [6.45, 7) is 6.36. The minimum atomic E-state index is -0.394. The second kappa shape index (κ2) is 9.37. The number of amides is 2. The Morgan fingerprint density at radius 2 is 1.89 bits per heavy atom. The van der Waals surface area contributed by atoms with Crippen molar-refractivity contribution in [1.29, 1.82) is 0 Å². The molecule has 28 heavy (non-hydrogen) atoms. The summed E-state index contributed by atoms with van der Waals surface area (Å²) >= 11 is 0. The maximum Gasteiger partial charge on any atom is 0.229 e. The molecule has 148 valence electrons. The topological polar surface area (TPSA) is 70.7 Å². The highest BCUT2D eigenvalue weighted by Gasteiger charge is 2.36. The quantitative estimate of drug-likeness (QED) is 0.737. The van der Waals surface area contributed by atoms with Crippen LogP contribution < -0.4 is 20.3 Å². The predicted octanol–water partition coefficient (Wildman–Crippen LogP) is 3.19. The maximum absolute atomic E-state index is 12.8. The maximum atomic E-state index is 12.8. The molecule has 0 aromatic heterocycles. The summed E-state index contributed by atoms with van der Waals surface area (Å²) in [7, 11) is 0. The zero-order valence-electron chi connectivity index (χ0n) is 16.4. The van der Waals surface area contributed by atoms with Crippen LogP contribution in [0.5, 0.6) is 5.75 Å². The lowest BCUT2D eigenvalue weighted by Gasteiger charge is -2.20. The van der Waals surface area contributed by atoms with E-state index in [2.05, 4.69) is 10.6 Å². The van der Waals surface area contributed by atoms with Gasteiger partial charge in [-0.2, -0.15) is 0 Å². The van der Waals surface area contributed by atoms with Crippen LogP contribution in [0.4, 0.5) is 11.4 Å². The summed E-state index contributed by atoms with van der Waals surface area (Å²) in [6, 6.07) is 15.2. The molecule has 0 aliphatic carbocycles. The molecular formula is C22H27N3O3. The lowest BCUT2D eigenvalue weighted by Crippen LogP contribution is -2.28. The van der Waals surface area contributed by atoms with Crippen molar-refractivity contribution in [3.8, 4) is 5.75 Å². The summed E-state index contributed by atoms with van der Waals surface area (Å²) in [4.78, 5) is 27.1. The third kappa shape index (κ3) is 4.51. The Morgan fingerprint density at radius 3 is 2.68 bits per heavy atom. The molecular weight excluding hydrogens is 354 g/mol. The number of benzene rings is 2. The molecule has 2 amide bonds. The molecule has 1 aliphatic heterocycles. The Bertz CT molecular complexity index is 837. The second-order valence-electron chi connectivity index (χ2n) is 6.73. The predicted molar refractivity (Wildman–Crippen MR) is 111 cm³/mol. The van der Waals surface area contributed by atoms with Crippen molar-refractivity contribution in [2.24, 2.45) is 5.92 Å². The molecule has 2 aromatic rings. The summed E-state index contributed by atoms with van der Waals surface area (Å²) < 4.78 is 5.64. The fraction of sp³-hybridized carbons (Fsp3) is 0.364. The molecule has 0 radical (unpaired) electrons. The van der Waals surface area contributed by atoms with Crippen molar-refractivity contribution in [2.75, 3.05) is 29.9 Å². The first-order valence-corrected chi connectivity index (χ1v) is 9.75. The largest absolute Gasteiger partial charge is 0.492 e. The Hall–Kier alpha value is -2.86. The fourth-order valence-electron chi connectivity index (χ4n) is 3.36. The van der Waals surface area contributed by atoms with E-state index in [1.807, 2.05) is 62.4 Å². The van der Waals surface area contributed by atoms with E-state index in [1.54, 1.807) is 4.90 Å². The Balaban J connectivity index is 1.71. The van der Waals surface area contributed by atoms with E-state index >= 15 is 0 Å². The molecule has 1 aliphatic rings. The van der Waals surface area contributed by atoms with E-state index in [-0.39, 0.29) is 18.2 Å². The number of hydrogen-bond acceptors (Lipinski definition) is 4. The van der Waals surface area contributed by atoms with Crippen LogP contribution in [0.1, 0.15) is 25.8 Å². The standard InChI is InChI=1S/C22H27N3O3/c1-3-23-14-16-9-5-6-10-18(16)24-22(27)17-13-21(26)25(15-17)19-11-7-8-12-20(19)28-4-2/h5-12,17,23H,3-4,13-15H2,1-2H3,(H,24,27). The number of nitrogens with one attached hydrogen (secondary N) is 2. The Morgan fingerprint density at radius 1 is 1.14 bits per heavy atom. The first-order chi connectivity index (χ1) is 13.6. The molecule has 2 N–H and O–H groups in total. The SMILES string of the molecule is CCNCc1ccccc1NC(=O)C1CC(=O)N(c2ccccc2OCC)C1. The second-order valence-corrected chi connectivity index (χ2v) is 6.73. The molecule has 0 spiro atoms. The molecule has 0 bridgehead atoms. The van der Waals surface area contributed by atoms with Crippen molar-refractivity contribution in [3.63, 3.8) is 0 Å². The van der Waals surface area contributed by atoms with Crippen molar-refractivity contribution >= 4 is 23.2 Å². The zero-order chi connectivity index (χ0) is 19.9. The first kappa shape index (κ1) is 19.9. The Labute approximate surface area is 165 Å². The monoisotopic (exact) mass is 381 g/mol. The highest BCUT2D eigenvalue weighted by atomic mass is 16.5. The van der Waals surface area contributed by atoms with Crippen molar-refractivity contribution in [1.82, 2.24) is 5.32 Å². The van der Waals surface area contributed by atoms with Crippen LogP contribution in [-0.2, 0) is 16.1 Å². The molecule has 1 saturated heterocycles. The summed E-state index contributed by atoms with van der Waals surface area (Å²) in [6.07, 6.45) is 0.196. The molecule has 0 saturated carbocycles. The van der Waals surface area contributed by atoms with Gasteiger partial charge in [0.2, 0.25) is 11.8 Å². The lowest BCUT2D eigenvalue weighted by atomic mass is 10.1. The molecule has 6 nitrogen and oxygen atoms in total. The van der Waals surface area contributed by atoms with Crippen LogP contribution >= 0.6 is 0 Å². The normalized spacial score (nSPS) is 16.3. The van der Waals surface area contributed by atoms with Gasteiger partial charge in [0.05, 0.1) is 18.2 Å². The third-order valence-corrected chi connectivity index (χ3v) is 4.79. The number of para-hydroxylation sites is 3. The molecule has 2 aromatic carbocycles. The number of carbonyl (C=O) groups excluding carboxylic acids is 2. The average molecular weight is 381 g/mol. The van der Waals surface area contributed by atoms with Crippen LogP contribution in [0.25, 0.3) is 0 Å². The van der Waals surface area contributed by atoms with E-state index in [0.717, 1.165) is 23.5 Å². The van der Waals surface area contributed by atoms with Crippen molar-refractivity contribution in [2.45, 2.75) is 26.8 Å². The van der Waals surface area contributed by atoms with Gasteiger partial charge in [-0.3, -0.25) is 9.59 Å². The van der Waals surface area contributed by atoms with E-state index < -0.39 is 5.92 Å². The van der Waals surface area contributed by atoms with E-state index in [4.69, 9.17) is 4.74 Å². The van der Waals surface area contributed by atoms with Crippen molar-refractivity contribution in [3.05, 3.63) is 54.1 Å². The van der Waals surface area contributed by atoms with E-state index in [1.165, 1.54) is 0 Å². The minimum Gasteiger partial charge on any atom is -0.492 e. The number of ether oxygens (including phenoxy) is 1. The number of rotatable bonds is 8. The van der Waals surface area contributed by atoms with Crippen LogP contribution in [0, 0.1) is 5.92 Å². The minimum absolute atomic E-state index is 0.0618. The molecule has 6 heteroatoms. The number of anilines is 2. The van der Waals surface area contributed by atoms with Crippen LogP contribution in [0.3, 0.4) is 0 Å². The summed E-state index contributed by atoms with van der Waals surface area (Å²) in [5.41, 5.74) is 2.53. The summed E-state index contributed by atoms with van der Waals surface area (Å²) in [5, 5.41) is 6.28. The van der Waals surface area contributed by atoms with Gasteiger partial charge in [-0.05, 0) is 37.2 Å². The summed E-state index contributed by atoms with van der Waals surface area (Å²) in [5.74, 6) is 0.0756. The highest BCUT2D eigenvalue weighted by Crippen LogP contribution is 2.33. The highest BCUT2D eigenvalue weighted by molar-refractivity contribution is 6.04. The van der Waals surface area contributed by atoms with Gasteiger partial charge in [0.15, 0.2) is 0 Å². The van der Waals surface area contributed by atoms with Gasteiger partial charge in [-0.25, -0.2) is 0 Å². The molecule has 1 fully saturated rings. The molecule has 3 rings (SSSR count). The number of carbonyl (C=O) groups is 2. The van der Waals surface area contributed by atoms with Crippen LogP contribution in [0.2, 0.25) is 0 Å². The first-order valence-electron chi connectivity index (χ1n) is 9.75. The molecule has 1 heterocycles. The van der Waals surface area contributed by atoms with Gasteiger partial charge in [0.1, 0.15) is 5.75 Å². The Kier molecular flexibility index (Phi) is 6.66. The average Bonchev–Trinajstić information content (AvgIpc) is 3.10. The molecule has 1 atom stereocenters. The van der Waals surface area contributed by atoms with Gasteiger partial charge in [0, 0.05) is 25.2 Å². The van der Waals surface area contributed by atoms with Crippen LogP contribution in [-0.4, -0.2) is 31.5 Å². The van der Waals surface area contributed by atoms with Crippen molar-refractivity contribution < 1.29 is 14.3 Å². The molecule has 1 unspecified atom stereocenters. The smallest absolute Gasteiger partial charge is 0.229 e. The lowest BCUT2D eigenvalue weighted by molar-refractivity contribution is -0.122. The van der Waals surface area contributed by atoms with Gasteiger partial charge in [0.25, 0.3) is 0 Å². The number of nitrogens with zero attached hydrogens (tertiary/aromatic N) is 1. The fourth-order valence-corrected chi connectivity index (χ4v) is 3.36. The van der Waals surface area contributed by atoms with Gasteiger partial charge < -0.3 is 20.3 Å². The van der Waals surface area contributed by atoms with Gasteiger partial charge in [-0.1, -0.05) is 37.3 Å². The third-order valence-electron chi connectivity index (χ3n) is 4.79. The number of hydrogen-bond donors (Lipinski definition) is 2. The zero-order valence-corrected chi connectivity index (χ0v) is 16.4.